The van der Waals surface area contributed by atoms with E-state index < -0.39 is 5.82 Å². The van der Waals surface area contributed by atoms with Gasteiger partial charge in [0.25, 0.3) is 0 Å². The molecule has 19 heavy (non-hydrogen) atoms. The molecule has 0 saturated carbocycles. The molecule has 0 aromatic heterocycles. The standard InChI is InChI=1S/C15H21FN2O/c1-11-6-5-9-18(10-11)12(2)15(19)17-14-8-4-3-7-13(14)16/h3-4,7-8,11-12H,5-6,9-10H2,1-2H3,(H,17,19). The Morgan fingerprint density at radius 2 is 2.21 bits per heavy atom. The van der Waals surface area contributed by atoms with Gasteiger partial charge in [0.2, 0.25) is 5.91 Å². The minimum absolute atomic E-state index is 0.140. The van der Waals surface area contributed by atoms with Crippen LogP contribution in [-0.4, -0.2) is 29.9 Å². The molecule has 0 spiro atoms. The molecule has 1 aromatic carbocycles. The van der Waals surface area contributed by atoms with Gasteiger partial charge >= 0.3 is 0 Å². The minimum Gasteiger partial charge on any atom is -0.322 e. The predicted molar refractivity (Wildman–Crippen MR) is 74.5 cm³/mol. The molecule has 1 saturated heterocycles. The van der Waals surface area contributed by atoms with Crippen LogP contribution in [0.5, 0.6) is 0 Å². The molecule has 1 heterocycles. The Morgan fingerprint density at radius 3 is 2.89 bits per heavy atom. The van der Waals surface area contributed by atoms with Gasteiger partial charge in [0.1, 0.15) is 5.82 Å². The largest absolute Gasteiger partial charge is 0.322 e. The first-order valence-corrected chi connectivity index (χ1v) is 6.87. The SMILES string of the molecule is CC1CCCN(C(C)C(=O)Nc2ccccc2F)C1. The average molecular weight is 264 g/mol. The van der Waals surface area contributed by atoms with E-state index in [0.717, 1.165) is 19.5 Å². The number of hydrogen-bond donors (Lipinski definition) is 1. The van der Waals surface area contributed by atoms with Crippen LogP contribution in [0.1, 0.15) is 26.7 Å². The number of carbonyl (C=O) groups excluding carboxylic acids is 1. The van der Waals surface area contributed by atoms with Crippen LogP contribution in [-0.2, 0) is 4.79 Å². The third-order valence-corrected chi connectivity index (χ3v) is 3.75. The van der Waals surface area contributed by atoms with Crippen molar-refractivity contribution in [2.24, 2.45) is 5.92 Å². The fourth-order valence-corrected chi connectivity index (χ4v) is 2.54. The lowest BCUT2D eigenvalue weighted by molar-refractivity contribution is -0.121. The maximum atomic E-state index is 13.5. The molecule has 4 heteroatoms. The summed E-state index contributed by atoms with van der Waals surface area (Å²) in [7, 11) is 0. The van der Waals surface area contributed by atoms with E-state index >= 15 is 0 Å². The number of carbonyl (C=O) groups is 1. The van der Waals surface area contributed by atoms with E-state index in [0.29, 0.717) is 5.92 Å². The maximum Gasteiger partial charge on any atom is 0.241 e. The second-order valence-corrected chi connectivity index (χ2v) is 5.39. The molecule has 2 atom stereocenters. The zero-order valence-electron chi connectivity index (χ0n) is 11.5. The van der Waals surface area contributed by atoms with E-state index in [4.69, 9.17) is 0 Å². The number of benzene rings is 1. The Labute approximate surface area is 113 Å². The fraction of sp³-hybridized carbons (Fsp3) is 0.533. The number of amides is 1. The Hall–Kier alpha value is -1.42. The van der Waals surface area contributed by atoms with E-state index in [1.165, 1.54) is 12.5 Å². The highest BCUT2D eigenvalue weighted by molar-refractivity contribution is 5.94. The molecule has 1 fully saturated rings. The molecule has 2 unspecified atom stereocenters. The van der Waals surface area contributed by atoms with E-state index in [1.807, 2.05) is 6.92 Å². The van der Waals surface area contributed by atoms with Gasteiger partial charge in [-0.05, 0) is 44.4 Å². The van der Waals surface area contributed by atoms with Gasteiger partial charge in [-0.25, -0.2) is 4.39 Å². The molecular formula is C15H21FN2O. The molecule has 0 radical (unpaired) electrons. The first-order valence-electron chi connectivity index (χ1n) is 6.87. The molecular weight excluding hydrogens is 243 g/mol. The van der Waals surface area contributed by atoms with Gasteiger partial charge in [0.15, 0.2) is 0 Å². The Balaban J connectivity index is 1.97. The number of rotatable bonds is 3. The second-order valence-electron chi connectivity index (χ2n) is 5.39. The topological polar surface area (TPSA) is 32.3 Å². The molecule has 0 bridgehead atoms. The Morgan fingerprint density at radius 1 is 1.47 bits per heavy atom. The molecule has 1 N–H and O–H groups in total. The molecule has 2 rings (SSSR count). The number of nitrogens with zero attached hydrogens (tertiary/aromatic N) is 1. The summed E-state index contributed by atoms with van der Waals surface area (Å²) in [6.07, 6.45) is 2.34. The Bertz CT molecular complexity index is 450. The zero-order chi connectivity index (χ0) is 13.8. The van der Waals surface area contributed by atoms with Crippen molar-refractivity contribution in [2.45, 2.75) is 32.7 Å². The van der Waals surface area contributed by atoms with Gasteiger partial charge in [-0.15, -0.1) is 0 Å². The summed E-state index contributed by atoms with van der Waals surface area (Å²) in [5, 5.41) is 2.67. The highest BCUT2D eigenvalue weighted by Crippen LogP contribution is 2.19. The third kappa shape index (κ3) is 3.53. The summed E-state index contributed by atoms with van der Waals surface area (Å²) in [6.45, 7) is 5.96. The number of piperidine rings is 1. The highest BCUT2D eigenvalue weighted by atomic mass is 19.1. The quantitative estimate of drug-likeness (QED) is 0.910. The molecule has 1 aromatic rings. The van der Waals surface area contributed by atoms with Gasteiger partial charge < -0.3 is 5.32 Å². The van der Waals surface area contributed by atoms with Crippen LogP contribution in [0.2, 0.25) is 0 Å². The van der Waals surface area contributed by atoms with Crippen molar-refractivity contribution in [1.29, 1.82) is 0 Å². The lowest BCUT2D eigenvalue weighted by atomic mass is 9.99. The van der Waals surface area contributed by atoms with Crippen molar-refractivity contribution in [3.05, 3.63) is 30.1 Å². The van der Waals surface area contributed by atoms with Crippen LogP contribution in [0.25, 0.3) is 0 Å². The van der Waals surface area contributed by atoms with E-state index in [9.17, 15) is 9.18 Å². The van der Waals surface area contributed by atoms with Crippen LogP contribution in [0.15, 0.2) is 24.3 Å². The van der Waals surface area contributed by atoms with Crippen molar-refractivity contribution in [1.82, 2.24) is 4.90 Å². The summed E-state index contributed by atoms with van der Waals surface area (Å²) in [6, 6.07) is 6.04. The number of halogens is 1. The van der Waals surface area contributed by atoms with E-state index in [2.05, 4.69) is 17.1 Å². The minimum atomic E-state index is -0.393. The van der Waals surface area contributed by atoms with Crippen LogP contribution in [0.4, 0.5) is 10.1 Å². The number of para-hydroxylation sites is 1. The molecule has 3 nitrogen and oxygen atoms in total. The lowest BCUT2D eigenvalue weighted by Crippen LogP contribution is -2.46. The first-order chi connectivity index (χ1) is 9.08. The summed E-state index contributed by atoms with van der Waals surface area (Å²) in [5.41, 5.74) is 0.254. The number of likely N-dealkylation sites (tertiary alicyclic amines) is 1. The maximum absolute atomic E-state index is 13.5. The summed E-state index contributed by atoms with van der Waals surface area (Å²) >= 11 is 0. The monoisotopic (exact) mass is 264 g/mol. The number of anilines is 1. The molecule has 1 aliphatic heterocycles. The van der Waals surface area contributed by atoms with Gasteiger partial charge in [0, 0.05) is 6.54 Å². The van der Waals surface area contributed by atoms with Crippen molar-refractivity contribution in [3.8, 4) is 0 Å². The van der Waals surface area contributed by atoms with Gasteiger partial charge in [0.05, 0.1) is 11.7 Å². The van der Waals surface area contributed by atoms with E-state index in [1.54, 1.807) is 18.2 Å². The summed E-state index contributed by atoms with van der Waals surface area (Å²) in [4.78, 5) is 14.3. The normalized spacial score (nSPS) is 21.9. The molecule has 0 aliphatic carbocycles. The van der Waals surface area contributed by atoms with Crippen molar-refractivity contribution < 1.29 is 9.18 Å². The summed E-state index contributed by atoms with van der Waals surface area (Å²) in [5.74, 6) is 0.0896. The third-order valence-electron chi connectivity index (χ3n) is 3.75. The van der Waals surface area contributed by atoms with Gasteiger partial charge in [-0.3, -0.25) is 9.69 Å². The Kier molecular flexibility index (Phi) is 4.53. The first kappa shape index (κ1) is 14.0. The summed E-state index contributed by atoms with van der Waals surface area (Å²) < 4.78 is 13.5. The van der Waals surface area contributed by atoms with Gasteiger partial charge in [-0.1, -0.05) is 19.1 Å². The predicted octanol–water partition coefficient (Wildman–Crippen LogP) is 2.88. The van der Waals surface area contributed by atoms with Crippen molar-refractivity contribution in [3.63, 3.8) is 0 Å². The van der Waals surface area contributed by atoms with Gasteiger partial charge in [-0.2, -0.15) is 0 Å². The molecule has 1 aliphatic rings. The highest BCUT2D eigenvalue weighted by Gasteiger charge is 2.25. The lowest BCUT2D eigenvalue weighted by Gasteiger charge is -2.34. The second kappa shape index (κ2) is 6.15. The molecule has 104 valence electrons. The van der Waals surface area contributed by atoms with E-state index in [-0.39, 0.29) is 17.6 Å². The average Bonchev–Trinajstić information content (AvgIpc) is 2.40. The number of hydrogen-bond acceptors (Lipinski definition) is 2. The van der Waals surface area contributed by atoms with Crippen molar-refractivity contribution >= 4 is 11.6 Å². The fourth-order valence-electron chi connectivity index (χ4n) is 2.54. The zero-order valence-corrected chi connectivity index (χ0v) is 11.5. The van der Waals surface area contributed by atoms with Crippen molar-refractivity contribution in [2.75, 3.05) is 18.4 Å². The number of nitrogens with one attached hydrogen (secondary N) is 1. The smallest absolute Gasteiger partial charge is 0.241 e. The van der Waals surface area contributed by atoms with Crippen LogP contribution in [0, 0.1) is 11.7 Å². The van der Waals surface area contributed by atoms with Crippen LogP contribution >= 0.6 is 0 Å². The molecule has 1 amide bonds. The van der Waals surface area contributed by atoms with Crippen LogP contribution < -0.4 is 5.32 Å². The van der Waals surface area contributed by atoms with Crippen LogP contribution in [0.3, 0.4) is 0 Å².